The van der Waals surface area contributed by atoms with E-state index in [0.717, 1.165) is 44.4 Å². The number of hydrogen-bond acceptors (Lipinski definition) is 2. The molecule has 0 bridgehead atoms. The summed E-state index contributed by atoms with van der Waals surface area (Å²) in [4.78, 5) is 12.2. The molecule has 2 saturated heterocycles. The highest BCUT2D eigenvalue weighted by atomic mass is 35.5. The summed E-state index contributed by atoms with van der Waals surface area (Å²) >= 11 is 0. The summed E-state index contributed by atoms with van der Waals surface area (Å²) in [6, 6.07) is 0. The first-order valence-corrected chi connectivity index (χ1v) is 3.80. The average Bonchev–Trinajstić information content (AvgIpc) is 2.42. The standard InChI is InChI=1S/C7H12N2O.ClH/c10-5-9-3-6-1-8-2-7(6)4-9;/h5-8H,1-4H2;1H/t6-,7-;/m1./s1. The molecule has 1 N–H and O–H groups in total. The topological polar surface area (TPSA) is 32.3 Å². The van der Waals surface area contributed by atoms with Crippen LogP contribution in [0.15, 0.2) is 0 Å². The van der Waals surface area contributed by atoms with Gasteiger partial charge in [0.2, 0.25) is 6.41 Å². The van der Waals surface area contributed by atoms with Crippen molar-refractivity contribution >= 4 is 18.8 Å². The molecule has 0 unspecified atom stereocenters. The van der Waals surface area contributed by atoms with E-state index in [0.29, 0.717) is 0 Å². The van der Waals surface area contributed by atoms with Gasteiger partial charge in [-0.1, -0.05) is 0 Å². The van der Waals surface area contributed by atoms with E-state index in [1.165, 1.54) is 0 Å². The molecule has 2 rings (SSSR count). The molecule has 64 valence electrons. The predicted octanol–water partition coefficient (Wildman–Crippen LogP) is -0.284. The van der Waals surface area contributed by atoms with Crippen LogP contribution in [0.3, 0.4) is 0 Å². The van der Waals surface area contributed by atoms with E-state index < -0.39 is 0 Å². The summed E-state index contributed by atoms with van der Waals surface area (Å²) < 4.78 is 0. The fraction of sp³-hybridized carbons (Fsp3) is 0.857. The van der Waals surface area contributed by atoms with Gasteiger partial charge in [-0.15, -0.1) is 12.4 Å². The molecule has 2 aliphatic heterocycles. The van der Waals surface area contributed by atoms with E-state index in [1.807, 2.05) is 4.90 Å². The number of fused-ring (bicyclic) bond motifs is 1. The van der Waals surface area contributed by atoms with Crippen molar-refractivity contribution < 1.29 is 4.79 Å². The largest absolute Gasteiger partial charge is 0.345 e. The SMILES string of the molecule is Cl.O=CN1C[C@H]2CNC[C@@H]2C1. The Morgan fingerprint density at radius 1 is 1.27 bits per heavy atom. The number of nitrogens with one attached hydrogen (secondary N) is 1. The number of hydrogen-bond donors (Lipinski definition) is 1. The first kappa shape index (κ1) is 8.81. The fourth-order valence-corrected chi connectivity index (χ4v) is 1.98. The van der Waals surface area contributed by atoms with Gasteiger partial charge in [-0.05, 0) is 11.8 Å². The van der Waals surface area contributed by atoms with Crippen LogP contribution >= 0.6 is 12.4 Å². The van der Waals surface area contributed by atoms with E-state index >= 15 is 0 Å². The van der Waals surface area contributed by atoms with Crippen LogP contribution in [-0.4, -0.2) is 37.5 Å². The molecule has 3 nitrogen and oxygen atoms in total. The number of rotatable bonds is 1. The number of nitrogens with zero attached hydrogens (tertiary/aromatic N) is 1. The third-order valence-corrected chi connectivity index (χ3v) is 2.57. The Balaban J connectivity index is 0.000000605. The zero-order valence-electron chi connectivity index (χ0n) is 6.32. The summed E-state index contributed by atoms with van der Waals surface area (Å²) in [6.07, 6.45) is 0.971. The van der Waals surface area contributed by atoms with Crippen LogP contribution in [0, 0.1) is 11.8 Å². The first-order chi connectivity index (χ1) is 4.90. The lowest BCUT2D eigenvalue weighted by atomic mass is 10.0. The maximum absolute atomic E-state index is 10.3. The lowest BCUT2D eigenvalue weighted by Crippen LogP contribution is -2.24. The third kappa shape index (κ3) is 1.49. The van der Waals surface area contributed by atoms with Crippen molar-refractivity contribution in [2.24, 2.45) is 11.8 Å². The second-order valence-electron chi connectivity index (χ2n) is 3.24. The Morgan fingerprint density at radius 3 is 2.27 bits per heavy atom. The van der Waals surface area contributed by atoms with Crippen LogP contribution in [0.25, 0.3) is 0 Å². The van der Waals surface area contributed by atoms with Crippen LogP contribution < -0.4 is 5.32 Å². The smallest absolute Gasteiger partial charge is 0.209 e. The van der Waals surface area contributed by atoms with Crippen LogP contribution in [-0.2, 0) is 4.79 Å². The van der Waals surface area contributed by atoms with E-state index in [-0.39, 0.29) is 12.4 Å². The van der Waals surface area contributed by atoms with Crippen LogP contribution in [0.2, 0.25) is 0 Å². The number of carbonyl (C=O) groups is 1. The van der Waals surface area contributed by atoms with E-state index in [2.05, 4.69) is 5.32 Å². The minimum atomic E-state index is 0. The second-order valence-corrected chi connectivity index (χ2v) is 3.24. The summed E-state index contributed by atoms with van der Waals surface area (Å²) in [5.41, 5.74) is 0. The molecule has 0 spiro atoms. The van der Waals surface area contributed by atoms with Crippen molar-refractivity contribution in [2.75, 3.05) is 26.2 Å². The van der Waals surface area contributed by atoms with Gasteiger partial charge in [0.1, 0.15) is 0 Å². The number of carbonyl (C=O) groups excluding carboxylic acids is 1. The number of amides is 1. The predicted molar refractivity (Wildman–Crippen MR) is 44.7 cm³/mol. The minimum absolute atomic E-state index is 0. The van der Waals surface area contributed by atoms with E-state index in [9.17, 15) is 4.79 Å². The number of likely N-dealkylation sites (tertiary alicyclic amines) is 1. The first-order valence-electron chi connectivity index (χ1n) is 3.80. The molecule has 2 heterocycles. The van der Waals surface area contributed by atoms with Gasteiger partial charge in [0.25, 0.3) is 0 Å². The fourth-order valence-electron chi connectivity index (χ4n) is 1.98. The van der Waals surface area contributed by atoms with Gasteiger partial charge in [-0.3, -0.25) is 4.79 Å². The molecule has 0 aliphatic carbocycles. The third-order valence-electron chi connectivity index (χ3n) is 2.57. The molecule has 2 aliphatic rings. The maximum atomic E-state index is 10.3. The highest BCUT2D eigenvalue weighted by Crippen LogP contribution is 2.24. The average molecular weight is 177 g/mol. The molecule has 0 radical (unpaired) electrons. The van der Waals surface area contributed by atoms with Crippen molar-refractivity contribution in [1.29, 1.82) is 0 Å². The van der Waals surface area contributed by atoms with Crippen LogP contribution in [0.1, 0.15) is 0 Å². The Hall–Kier alpha value is -0.280. The molecular formula is C7H13ClN2O. The van der Waals surface area contributed by atoms with Crippen molar-refractivity contribution in [2.45, 2.75) is 0 Å². The van der Waals surface area contributed by atoms with Crippen molar-refractivity contribution in [3.8, 4) is 0 Å². The van der Waals surface area contributed by atoms with Gasteiger partial charge in [0.15, 0.2) is 0 Å². The summed E-state index contributed by atoms with van der Waals surface area (Å²) in [7, 11) is 0. The lowest BCUT2D eigenvalue weighted by Gasteiger charge is -2.08. The van der Waals surface area contributed by atoms with E-state index in [4.69, 9.17) is 0 Å². The highest BCUT2D eigenvalue weighted by molar-refractivity contribution is 5.85. The lowest BCUT2D eigenvalue weighted by molar-refractivity contribution is -0.117. The Morgan fingerprint density at radius 2 is 1.82 bits per heavy atom. The molecule has 0 aromatic rings. The Bertz CT molecular complexity index is 141. The van der Waals surface area contributed by atoms with Gasteiger partial charge in [0.05, 0.1) is 0 Å². The zero-order chi connectivity index (χ0) is 6.97. The quantitative estimate of drug-likeness (QED) is 0.558. The maximum Gasteiger partial charge on any atom is 0.209 e. The zero-order valence-corrected chi connectivity index (χ0v) is 7.14. The van der Waals surface area contributed by atoms with Gasteiger partial charge in [-0.25, -0.2) is 0 Å². The van der Waals surface area contributed by atoms with Crippen LogP contribution in [0.5, 0.6) is 0 Å². The summed E-state index contributed by atoms with van der Waals surface area (Å²) in [5.74, 6) is 1.48. The molecule has 0 aromatic carbocycles. The second kappa shape index (κ2) is 3.41. The molecule has 1 amide bonds. The Kier molecular flexibility index (Phi) is 2.73. The molecule has 2 atom stereocenters. The van der Waals surface area contributed by atoms with Gasteiger partial charge >= 0.3 is 0 Å². The van der Waals surface area contributed by atoms with E-state index in [1.54, 1.807) is 0 Å². The highest BCUT2D eigenvalue weighted by Gasteiger charge is 2.35. The normalized spacial score (nSPS) is 34.7. The molecule has 0 saturated carbocycles. The monoisotopic (exact) mass is 176 g/mol. The van der Waals surface area contributed by atoms with Gasteiger partial charge < -0.3 is 10.2 Å². The van der Waals surface area contributed by atoms with Gasteiger partial charge in [-0.2, -0.15) is 0 Å². The molecular weight excluding hydrogens is 164 g/mol. The van der Waals surface area contributed by atoms with Crippen molar-refractivity contribution in [1.82, 2.24) is 10.2 Å². The number of halogens is 1. The molecule has 4 heteroatoms. The van der Waals surface area contributed by atoms with Crippen molar-refractivity contribution in [3.63, 3.8) is 0 Å². The van der Waals surface area contributed by atoms with Crippen molar-refractivity contribution in [3.05, 3.63) is 0 Å². The van der Waals surface area contributed by atoms with Crippen LogP contribution in [0.4, 0.5) is 0 Å². The Labute approximate surface area is 72.5 Å². The summed E-state index contributed by atoms with van der Waals surface area (Å²) in [6.45, 7) is 4.16. The summed E-state index contributed by atoms with van der Waals surface area (Å²) in [5, 5.41) is 3.33. The molecule has 0 aromatic heterocycles. The minimum Gasteiger partial charge on any atom is -0.345 e. The molecule has 11 heavy (non-hydrogen) atoms. The molecule has 2 fully saturated rings. The van der Waals surface area contributed by atoms with Gasteiger partial charge in [0, 0.05) is 26.2 Å².